The number of carbonyl (C=O) groups excluding carboxylic acids is 1. The van der Waals surface area contributed by atoms with E-state index >= 15 is 0 Å². The van der Waals surface area contributed by atoms with Crippen LogP contribution in [0.5, 0.6) is 0 Å². The van der Waals surface area contributed by atoms with Crippen LogP contribution in [-0.2, 0) is 23.1 Å². The first-order valence-electron chi connectivity index (χ1n) is 14.1. The zero-order valence-corrected chi connectivity index (χ0v) is 23.9. The first-order chi connectivity index (χ1) is 18.0. The molecule has 1 fully saturated rings. The van der Waals surface area contributed by atoms with Crippen LogP contribution >= 0.6 is 7.60 Å². The van der Waals surface area contributed by atoms with Crippen molar-refractivity contribution in [2.24, 2.45) is 0 Å². The highest BCUT2D eigenvalue weighted by Crippen LogP contribution is 2.47. The van der Waals surface area contributed by atoms with Crippen LogP contribution in [0, 0.1) is 0 Å². The summed E-state index contributed by atoms with van der Waals surface area (Å²) in [5, 5.41) is 59.0. The van der Waals surface area contributed by atoms with E-state index in [4.69, 9.17) is 13.8 Å². The number of rotatable bonds is 21. The fourth-order valence-electron chi connectivity index (χ4n) is 4.39. The molecule has 0 radical (unpaired) electrons. The Balaban J connectivity index is 2.11. The molecule has 0 aromatic heterocycles. The van der Waals surface area contributed by atoms with E-state index in [1.807, 2.05) is 0 Å². The van der Waals surface area contributed by atoms with Crippen molar-refractivity contribution in [2.45, 2.75) is 140 Å². The lowest BCUT2D eigenvalue weighted by atomic mass is 9.85. The molecule has 0 aliphatic heterocycles. The van der Waals surface area contributed by atoms with Crippen molar-refractivity contribution in [1.82, 2.24) is 0 Å². The van der Waals surface area contributed by atoms with E-state index in [1.165, 1.54) is 57.8 Å². The molecule has 0 bridgehead atoms. The second-order valence-electron chi connectivity index (χ2n) is 10.4. The van der Waals surface area contributed by atoms with Crippen molar-refractivity contribution in [3.63, 3.8) is 0 Å². The van der Waals surface area contributed by atoms with E-state index < -0.39 is 62.9 Å². The minimum absolute atomic E-state index is 0.245. The quantitative estimate of drug-likeness (QED) is 0.0677. The van der Waals surface area contributed by atoms with Crippen LogP contribution in [0.3, 0.4) is 0 Å². The van der Waals surface area contributed by atoms with Crippen LogP contribution in [-0.4, -0.2) is 99.2 Å². The van der Waals surface area contributed by atoms with Gasteiger partial charge in [-0.25, -0.2) is 0 Å². The molecule has 0 spiro atoms. The molecule has 6 N–H and O–H groups in total. The minimum atomic E-state index is -3.98. The molecule has 6 atom stereocenters. The highest BCUT2D eigenvalue weighted by molar-refractivity contribution is 7.53. The Hall–Kier alpha value is -0.620. The Morgan fingerprint density at radius 3 is 1.61 bits per heavy atom. The number of hydrogen-bond acceptors (Lipinski definition) is 11. The van der Waals surface area contributed by atoms with E-state index in [1.54, 1.807) is 0 Å². The Labute approximate surface area is 227 Å². The molecule has 11 nitrogen and oxygen atoms in total. The third kappa shape index (κ3) is 14.1. The second-order valence-corrected chi connectivity index (χ2v) is 12.4. The van der Waals surface area contributed by atoms with Gasteiger partial charge in [0.2, 0.25) is 0 Å². The van der Waals surface area contributed by atoms with Crippen LogP contribution in [0.1, 0.15) is 96.8 Å². The Morgan fingerprint density at radius 2 is 1.13 bits per heavy atom. The average molecular weight is 571 g/mol. The largest absolute Gasteiger partial charge is 0.463 e. The van der Waals surface area contributed by atoms with Crippen LogP contribution in [0.15, 0.2) is 0 Å². The van der Waals surface area contributed by atoms with Gasteiger partial charge in [0.25, 0.3) is 0 Å². The average Bonchev–Trinajstić information content (AvgIpc) is 2.89. The summed E-state index contributed by atoms with van der Waals surface area (Å²) in [6.45, 7) is 2.36. The van der Waals surface area contributed by atoms with Gasteiger partial charge in [-0.15, -0.1) is 0 Å². The lowest BCUT2D eigenvalue weighted by Gasteiger charge is -2.42. The molecule has 12 heteroatoms. The van der Waals surface area contributed by atoms with Crippen molar-refractivity contribution < 1.29 is 53.8 Å². The van der Waals surface area contributed by atoms with Gasteiger partial charge in [0.05, 0.1) is 6.61 Å². The maximum absolute atomic E-state index is 12.5. The van der Waals surface area contributed by atoms with Crippen LogP contribution < -0.4 is 0 Å². The highest BCUT2D eigenvalue weighted by Gasteiger charge is 2.50. The second kappa shape index (κ2) is 19.5. The summed E-state index contributed by atoms with van der Waals surface area (Å²) in [5.41, 5.74) is 0. The number of carbonyl (C=O) groups is 1. The van der Waals surface area contributed by atoms with Gasteiger partial charge in [-0.2, -0.15) is 0 Å². The topological polar surface area (TPSA) is 183 Å². The van der Waals surface area contributed by atoms with E-state index in [0.29, 0.717) is 6.42 Å². The molecule has 1 aliphatic rings. The lowest BCUT2D eigenvalue weighted by Crippen LogP contribution is -2.64. The van der Waals surface area contributed by atoms with Crippen LogP contribution in [0.2, 0.25) is 0 Å². The maximum atomic E-state index is 12.5. The highest BCUT2D eigenvalue weighted by atomic mass is 31.2. The van der Waals surface area contributed by atoms with Crippen molar-refractivity contribution in [1.29, 1.82) is 0 Å². The molecular formula is C26H51O11P. The summed E-state index contributed by atoms with van der Waals surface area (Å²) in [6, 6.07) is 0. The van der Waals surface area contributed by atoms with Crippen LogP contribution in [0.4, 0.5) is 0 Å². The SMILES string of the molecule is CCCCCCCCCCCCCCCC(=O)OCC(O)COP(C)(=O)OC1C(O)C(O)C(O)C(O)C1O. The number of unbranched alkanes of at least 4 members (excludes halogenated alkanes) is 12. The van der Waals surface area contributed by atoms with Crippen LogP contribution in [0.25, 0.3) is 0 Å². The smallest absolute Gasteiger partial charge is 0.328 e. The fourth-order valence-corrected chi connectivity index (χ4v) is 5.59. The monoisotopic (exact) mass is 570 g/mol. The molecule has 0 amide bonds. The molecule has 226 valence electrons. The van der Waals surface area contributed by atoms with Gasteiger partial charge < -0.3 is 39.9 Å². The zero-order valence-electron chi connectivity index (χ0n) is 23.0. The number of aliphatic hydroxyl groups excluding tert-OH is 6. The summed E-state index contributed by atoms with van der Waals surface area (Å²) < 4.78 is 27.7. The summed E-state index contributed by atoms with van der Waals surface area (Å²) in [5.74, 6) is -0.446. The van der Waals surface area contributed by atoms with Gasteiger partial charge in [-0.05, 0) is 6.42 Å². The standard InChI is InChI=1S/C26H51O11P/c1-3-4-5-6-7-8-9-10-11-12-13-14-15-16-20(28)35-17-19(27)18-36-38(2,34)37-26-24(32)22(30)21(29)23(31)25(26)33/h19,21-27,29-33H,3-18H2,1-2H3. The predicted octanol–water partition coefficient (Wildman–Crippen LogP) is 2.41. The number of ether oxygens (including phenoxy) is 1. The van der Waals surface area contributed by atoms with E-state index in [9.17, 15) is 40.0 Å². The maximum Gasteiger partial charge on any atom is 0.328 e. The first kappa shape index (κ1) is 35.4. The number of esters is 1. The molecule has 0 aromatic rings. The molecule has 6 unspecified atom stereocenters. The van der Waals surface area contributed by atoms with Gasteiger partial charge >= 0.3 is 13.6 Å². The molecule has 1 saturated carbocycles. The third-order valence-electron chi connectivity index (χ3n) is 6.81. The Bertz CT molecular complexity index is 664. The molecule has 38 heavy (non-hydrogen) atoms. The van der Waals surface area contributed by atoms with Crippen molar-refractivity contribution >= 4 is 13.6 Å². The normalized spacial score (nSPS) is 28.1. The Kier molecular flexibility index (Phi) is 18.1. The fraction of sp³-hybridized carbons (Fsp3) is 0.962. The number of hydrogen-bond donors (Lipinski definition) is 6. The summed E-state index contributed by atoms with van der Waals surface area (Å²) in [4.78, 5) is 11.9. The van der Waals surface area contributed by atoms with Gasteiger partial charge in [0, 0.05) is 13.1 Å². The van der Waals surface area contributed by atoms with Gasteiger partial charge in [-0.3, -0.25) is 13.9 Å². The predicted molar refractivity (Wildman–Crippen MR) is 142 cm³/mol. The molecule has 0 aromatic carbocycles. The van der Waals surface area contributed by atoms with E-state index in [0.717, 1.165) is 25.9 Å². The van der Waals surface area contributed by atoms with Crippen molar-refractivity contribution in [3.05, 3.63) is 0 Å². The summed E-state index contributed by atoms with van der Waals surface area (Å²) >= 11 is 0. The Morgan fingerprint density at radius 1 is 0.711 bits per heavy atom. The van der Waals surface area contributed by atoms with Gasteiger partial charge in [-0.1, -0.05) is 84.0 Å². The molecular weight excluding hydrogens is 519 g/mol. The minimum Gasteiger partial charge on any atom is -0.463 e. The first-order valence-corrected chi connectivity index (χ1v) is 16.1. The number of aliphatic hydroxyl groups is 6. The lowest BCUT2D eigenvalue weighted by molar-refractivity contribution is -0.218. The molecule has 0 saturated heterocycles. The van der Waals surface area contributed by atoms with Gasteiger partial charge in [0.15, 0.2) is 0 Å². The third-order valence-corrected chi connectivity index (χ3v) is 8.05. The van der Waals surface area contributed by atoms with E-state index in [2.05, 4.69) is 6.92 Å². The molecule has 0 heterocycles. The van der Waals surface area contributed by atoms with E-state index in [-0.39, 0.29) is 13.0 Å². The van der Waals surface area contributed by atoms with Gasteiger partial charge in [0.1, 0.15) is 49.3 Å². The molecule has 1 rings (SSSR count). The molecule has 1 aliphatic carbocycles. The summed E-state index contributed by atoms with van der Waals surface area (Å²) in [7, 11) is -3.98. The van der Waals surface area contributed by atoms with Crippen molar-refractivity contribution in [3.8, 4) is 0 Å². The van der Waals surface area contributed by atoms with Crippen molar-refractivity contribution in [2.75, 3.05) is 19.9 Å². The summed E-state index contributed by atoms with van der Waals surface area (Å²) in [6.07, 6.45) is 3.74. The zero-order chi connectivity index (χ0) is 28.6.